The maximum absolute atomic E-state index is 11.9. The largest absolute Gasteiger partial charge is 0.389 e. The van der Waals surface area contributed by atoms with E-state index in [1.54, 1.807) is 12.1 Å². The Bertz CT molecular complexity index is 470. The van der Waals surface area contributed by atoms with Gasteiger partial charge in [0, 0.05) is 0 Å². The first kappa shape index (κ1) is 9.58. The maximum atomic E-state index is 11.9. The number of ether oxygens (including phenoxy) is 1. The first-order chi connectivity index (χ1) is 7.74. The molecule has 1 heterocycles. The summed E-state index contributed by atoms with van der Waals surface area (Å²) in [6.07, 6.45) is 3.65. The normalized spacial score (nSPS) is 22.0. The molecule has 0 saturated heterocycles. The highest BCUT2D eigenvalue weighted by atomic mass is 16.6. The summed E-state index contributed by atoms with van der Waals surface area (Å²) in [5.41, 5.74) is 0.891. The van der Waals surface area contributed by atoms with E-state index in [9.17, 15) is 9.59 Å². The number of carbonyl (C=O) groups excluding carboxylic acids is 2. The van der Waals surface area contributed by atoms with E-state index < -0.39 is 11.4 Å². The topological polar surface area (TPSA) is 43.4 Å². The molecule has 1 fully saturated rings. The minimum atomic E-state index is -0.537. The number of hydrogen-bond acceptors (Lipinski definition) is 3. The van der Waals surface area contributed by atoms with Gasteiger partial charge in [-0.05, 0) is 24.5 Å². The van der Waals surface area contributed by atoms with Crippen LogP contribution in [0.5, 0.6) is 0 Å². The first-order valence-corrected chi connectivity index (χ1v) is 5.60. The smallest absolute Gasteiger partial charge is 0.346 e. The van der Waals surface area contributed by atoms with Crippen LogP contribution in [0.3, 0.4) is 0 Å². The highest BCUT2D eigenvalue weighted by Crippen LogP contribution is 2.45. The highest BCUT2D eigenvalue weighted by Gasteiger charge is 2.49. The Hall–Kier alpha value is -1.64. The monoisotopic (exact) mass is 216 g/mol. The fourth-order valence-electron chi connectivity index (χ4n) is 2.88. The molecule has 0 amide bonds. The van der Waals surface area contributed by atoms with Gasteiger partial charge in [0.15, 0.2) is 0 Å². The predicted molar refractivity (Wildman–Crippen MR) is 57.0 cm³/mol. The lowest BCUT2D eigenvalue weighted by Crippen LogP contribution is -2.41. The molecule has 0 bridgehead atoms. The van der Waals surface area contributed by atoms with E-state index in [1.165, 1.54) is 0 Å². The Morgan fingerprint density at radius 2 is 1.75 bits per heavy atom. The molecule has 1 spiro atoms. The molecule has 3 heteroatoms. The summed E-state index contributed by atoms with van der Waals surface area (Å²) in [6.45, 7) is 0. The molecule has 0 unspecified atom stereocenters. The van der Waals surface area contributed by atoms with Gasteiger partial charge in [0.05, 0.1) is 11.0 Å². The van der Waals surface area contributed by atoms with E-state index in [2.05, 4.69) is 0 Å². The molecule has 0 aromatic heterocycles. The zero-order valence-corrected chi connectivity index (χ0v) is 8.86. The molecular weight excluding hydrogens is 204 g/mol. The van der Waals surface area contributed by atoms with Crippen molar-refractivity contribution in [3.8, 4) is 0 Å². The predicted octanol–water partition coefficient (Wildman–Crippen LogP) is 2.20. The van der Waals surface area contributed by atoms with Crippen molar-refractivity contribution >= 4 is 11.9 Å². The molecule has 1 aromatic carbocycles. The zero-order chi connectivity index (χ0) is 11.2. The van der Waals surface area contributed by atoms with E-state index in [-0.39, 0.29) is 5.97 Å². The minimum absolute atomic E-state index is 0.353. The summed E-state index contributed by atoms with van der Waals surface area (Å²) < 4.78 is 4.87. The van der Waals surface area contributed by atoms with Gasteiger partial charge in [-0.15, -0.1) is 0 Å². The van der Waals surface area contributed by atoms with Gasteiger partial charge in [0.25, 0.3) is 0 Å². The third kappa shape index (κ3) is 1.08. The molecule has 1 saturated carbocycles. The van der Waals surface area contributed by atoms with Gasteiger partial charge < -0.3 is 4.74 Å². The van der Waals surface area contributed by atoms with Crippen molar-refractivity contribution in [2.45, 2.75) is 31.1 Å². The minimum Gasteiger partial charge on any atom is -0.389 e. The number of fused-ring (bicyclic) bond motifs is 2. The highest BCUT2D eigenvalue weighted by molar-refractivity contribution is 6.06. The van der Waals surface area contributed by atoms with Crippen LogP contribution in [0, 0.1) is 0 Å². The van der Waals surface area contributed by atoms with Crippen LogP contribution in [-0.4, -0.2) is 11.9 Å². The molecule has 0 N–H and O–H groups in total. The van der Waals surface area contributed by atoms with Crippen molar-refractivity contribution in [2.75, 3.05) is 0 Å². The Kier molecular flexibility index (Phi) is 1.90. The molecule has 16 heavy (non-hydrogen) atoms. The molecular formula is C13H12O3. The second-order valence-corrected chi connectivity index (χ2v) is 4.51. The molecule has 2 aliphatic rings. The summed E-state index contributed by atoms with van der Waals surface area (Å²) in [4.78, 5) is 23.5. The van der Waals surface area contributed by atoms with E-state index in [4.69, 9.17) is 4.74 Å². The fourth-order valence-corrected chi connectivity index (χ4v) is 2.88. The van der Waals surface area contributed by atoms with Crippen molar-refractivity contribution < 1.29 is 14.3 Å². The van der Waals surface area contributed by atoms with Crippen LogP contribution in [0.15, 0.2) is 24.3 Å². The fraction of sp³-hybridized carbons (Fsp3) is 0.385. The average molecular weight is 216 g/mol. The number of cyclic esters (lactones) is 2. The molecule has 3 rings (SSSR count). The van der Waals surface area contributed by atoms with Crippen LogP contribution in [0.1, 0.15) is 41.6 Å². The number of esters is 2. The van der Waals surface area contributed by atoms with Gasteiger partial charge in [-0.1, -0.05) is 31.0 Å². The molecule has 3 nitrogen and oxygen atoms in total. The first-order valence-electron chi connectivity index (χ1n) is 5.60. The standard InChI is InChI=1S/C13H12O3/c14-11-9-5-1-2-6-10(9)13(12(15)16-11)7-3-4-8-13/h1-2,5-6H,3-4,7-8H2. The van der Waals surface area contributed by atoms with Crippen LogP contribution >= 0.6 is 0 Å². The summed E-state index contributed by atoms with van der Waals surface area (Å²) in [5.74, 6) is -0.855. The van der Waals surface area contributed by atoms with Gasteiger partial charge in [-0.2, -0.15) is 0 Å². The number of rotatable bonds is 0. The lowest BCUT2D eigenvalue weighted by molar-refractivity contribution is -0.145. The second-order valence-electron chi connectivity index (χ2n) is 4.51. The van der Waals surface area contributed by atoms with E-state index in [0.717, 1.165) is 31.2 Å². The van der Waals surface area contributed by atoms with Crippen LogP contribution in [0.4, 0.5) is 0 Å². The lowest BCUT2D eigenvalue weighted by Gasteiger charge is -2.32. The van der Waals surface area contributed by atoms with Crippen molar-refractivity contribution in [2.24, 2.45) is 0 Å². The third-order valence-corrected chi connectivity index (χ3v) is 3.70. The maximum Gasteiger partial charge on any atom is 0.346 e. The van der Waals surface area contributed by atoms with Gasteiger partial charge in [-0.3, -0.25) is 4.79 Å². The van der Waals surface area contributed by atoms with E-state index >= 15 is 0 Å². The Balaban J connectivity index is 2.23. The summed E-state index contributed by atoms with van der Waals surface area (Å²) in [5, 5.41) is 0. The van der Waals surface area contributed by atoms with Crippen molar-refractivity contribution in [1.82, 2.24) is 0 Å². The van der Waals surface area contributed by atoms with E-state index in [0.29, 0.717) is 5.56 Å². The van der Waals surface area contributed by atoms with Crippen molar-refractivity contribution in [3.05, 3.63) is 35.4 Å². The van der Waals surface area contributed by atoms with Gasteiger partial charge in [0.2, 0.25) is 0 Å². The summed E-state index contributed by atoms with van der Waals surface area (Å²) in [7, 11) is 0. The van der Waals surface area contributed by atoms with Crippen molar-refractivity contribution in [1.29, 1.82) is 0 Å². The quantitative estimate of drug-likeness (QED) is 0.493. The van der Waals surface area contributed by atoms with Crippen LogP contribution in [0.2, 0.25) is 0 Å². The SMILES string of the molecule is O=C1OC(=O)C2(CCCC2)c2ccccc21. The molecule has 0 radical (unpaired) electrons. The van der Waals surface area contributed by atoms with Gasteiger partial charge in [0.1, 0.15) is 0 Å². The average Bonchev–Trinajstić information content (AvgIpc) is 2.77. The Morgan fingerprint density at radius 1 is 1.06 bits per heavy atom. The molecule has 1 aliphatic heterocycles. The Morgan fingerprint density at radius 3 is 2.50 bits per heavy atom. The van der Waals surface area contributed by atoms with Crippen LogP contribution < -0.4 is 0 Å². The molecule has 0 atom stereocenters. The second kappa shape index (κ2) is 3.17. The van der Waals surface area contributed by atoms with Gasteiger partial charge >= 0.3 is 11.9 Å². The Labute approximate surface area is 93.4 Å². The van der Waals surface area contributed by atoms with Gasteiger partial charge in [-0.25, -0.2) is 4.79 Å². The van der Waals surface area contributed by atoms with Crippen molar-refractivity contribution in [3.63, 3.8) is 0 Å². The lowest BCUT2D eigenvalue weighted by atomic mass is 9.75. The summed E-state index contributed by atoms with van der Waals surface area (Å²) >= 11 is 0. The molecule has 1 aliphatic carbocycles. The number of hydrogen-bond donors (Lipinski definition) is 0. The summed E-state index contributed by atoms with van der Waals surface area (Å²) in [6, 6.07) is 7.31. The third-order valence-electron chi connectivity index (χ3n) is 3.70. The molecule has 82 valence electrons. The zero-order valence-electron chi connectivity index (χ0n) is 8.86. The molecule has 1 aromatic rings. The number of benzene rings is 1. The van der Waals surface area contributed by atoms with E-state index in [1.807, 2.05) is 12.1 Å². The van der Waals surface area contributed by atoms with Crippen LogP contribution in [0.25, 0.3) is 0 Å². The van der Waals surface area contributed by atoms with Crippen LogP contribution in [-0.2, 0) is 14.9 Å². The number of carbonyl (C=O) groups is 2.